The Labute approximate surface area is 189 Å². The number of benzene rings is 2. The molecule has 0 fully saturated rings. The number of aryl methyl sites for hydroxylation is 1. The minimum absolute atomic E-state index is 0.0955. The summed E-state index contributed by atoms with van der Waals surface area (Å²) in [6.45, 7) is 1.72. The number of rotatable bonds is 8. The van der Waals surface area contributed by atoms with Crippen molar-refractivity contribution in [3.63, 3.8) is 0 Å². The molecule has 2 aromatic carbocycles. The lowest BCUT2D eigenvalue weighted by Gasteiger charge is -2.11. The molecule has 1 aromatic heterocycles. The van der Waals surface area contributed by atoms with Gasteiger partial charge in [-0.25, -0.2) is 4.98 Å². The number of methoxy groups -OCH3 is 2. The minimum Gasteiger partial charge on any atom is -0.493 e. The molecule has 0 saturated carbocycles. The van der Waals surface area contributed by atoms with E-state index in [1.54, 1.807) is 25.1 Å². The molecule has 1 amide bonds. The van der Waals surface area contributed by atoms with Gasteiger partial charge in [0.15, 0.2) is 16.7 Å². The molecule has 162 valence electrons. The first kappa shape index (κ1) is 22.7. The summed E-state index contributed by atoms with van der Waals surface area (Å²) in [6.07, 6.45) is -0.0955. The molecule has 0 spiro atoms. The zero-order valence-corrected chi connectivity index (χ0v) is 18.9. The molecular formula is C22H22ClN3O4S. The number of thioether (sulfide) groups is 1. The van der Waals surface area contributed by atoms with Crippen LogP contribution in [0, 0.1) is 6.92 Å². The number of aromatic nitrogens is 2. The molecule has 0 bridgehead atoms. The van der Waals surface area contributed by atoms with Gasteiger partial charge >= 0.3 is 0 Å². The van der Waals surface area contributed by atoms with Gasteiger partial charge in [0.1, 0.15) is 0 Å². The second kappa shape index (κ2) is 10.4. The number of nitrogens with one attached hydrogen (secondary N) is 2. The van der Waals surface area contributed by atoms with Crippen LogP contribution in [0.3, 0.4) is 0 Å². The molecule has 1 heterocycles. The van der Waals surface area contributed by atoms with Crippen molar-refractivity contribution in [3.8, 4) is 11.5 Å². The van der Waals surface area contributed by atoms with Gasteiger partial charge in [0.25, 0.3) is 5.56 Å². The van der Waals surface area contributed by atoms with Gasteiger partial charge in [-0.15, -0.1) is 0 Å². The van der Waals surface area contributed by atoms with Gasteiger partial charge < -0.3 is 19.8 Å². The smallest absolute Gasteiger partial charge is 0.255 e. The highest BCUT2D eigenvalue weighted by Gasteiger charge is 2.14. The Morgan fingerprint density at radius 2 is 1.94 bits per heavy atom. The molecule has 2 N–H and O–H groups in total. The second-order valence-corrected chi connectivity index (χ2v) is 8.05. The van der Waals surface area contributed by atoms with Crippen LogP contribution < -0.4 is 20.3 Å². The Balaban J connectivity index is 1.67. The predicted octanol–water partition coefficient (Wildman–Crippen LogP) is 4.22. The lowest BCUT2D eigenvalue weighted by atomic mass is 10.1. The summed E-state index contributed by atoms with van der Waals surface area (Å²) in [5.74, 6) is 1.34. The molecule has 7 nitrogen and oxygen atoms in total. The van der Waals surface area contributed by atoms with Gasteiger partial charge in [0.2, 0.25) is 5.91 Å². The molecule has 31 heavy (non-hydrogen) atoms. The van der Waals surface area contributed by atoms with Gasteiger partial charge in [-0.2, -0.15) is 0 Å². The van der Waals surface area contributed by atoms with E-state index in [1.165, 1.54) is 26.0 Å². The van der Waals surface area contributed by atoms with Gasteiger partial charge in [-0.05, 0) is 36.8 Å². The number of hydrogen-bond donors (Lipinski definition) is 2. The minimum atomic E-state index is -0.332. The van der Waals surface area contributed by atoms with E-state index in [-0.39, 0.29) is 17.9 Å². The molecule has 3 aromatic rings. The first-order valence-corrected chi connectivity index (χ1v) is 10.7. The van der Waals surface area contributed by atoms with Gasteiger partial charge in [0, 0.05) is 33.8 Å². The Bertz CT molecular complexity index is 1150. The van der Waals surface area contributed by atoms with Crippen LogP contribution in [0.4, 0.5) is 5.69 Å². The number of nitrogens with zero attached hydrogens (tertiary/aromatic N) is 1. The quantitative estimate of drug-likeness (QED) is 0.387. The summed E-state index contributed by atoms with van der Waals surface area (Å²) in [7, 11) is 3.05. The number of carbonyl (C=O) groups excluding carboxylic acids is 1. The van der Waals surface area contributed by atoms with E-state index in [0.717, 1.165) is 5.56 Å². The van der Waals surface area contributed by atoms with Crippen LogP contribution in [0.1, 0.15) is 16.8 Å². The second-order valence-electron chi connectivity index (χ2n) is 6.65. The number of amides is 1. The van der Waals surface area contributed by atoms with Crippen molar-refractivity contribution < 1.29 is 14.3 Å². The molecular weight excluding hydrogens is 438 g/mol. The Hall–Kier alpha value is -2.97. The van der Waals surface area contributed by atoms with Crippen molar-refractivity contribution in [2.45, 2.75) is 24.3 Å². The largest absolute Gasteiger partial charge is 0.493 e. The van der Waals surface area contributed by atoms with Crippen molar-refractivity contribution in [1.82, 2.24) is 9.97 Å². The van der Waals surface area contributed by atoms with Crippen molar-refractivity contribution in [1.29, 1.82) is 0 Å². The summed E-state index contributed by atoms with van der Waals surface area (Å²) in [6, 6.07) is 12.6. The van der Waals surface area contributed by atoms with Crippen molar-refractivity contribution >= 4 is 35.0 Å². The molecule has 0 saturated heterocycles. The first-order chi connectivity index (χ1) is 14.9. The third-order valence-corrected chi connectivity index (χ3v) is 5.65. The zero-order valence-electron chi connectivity index (χ0n) is 17.3. The van der Waals surface area contributed by atoms with Crippen LogP contribution in [0.15, 0.2) is 52.4 Å². The highest BCUT2D eigenvalue weighted by Crippen LogP contribution is 2.29. The van der Waals surface area contributed by atoms with Crippen LogP contribution in [-0.4, -0.2) is 30.1 Å². The van der Waals surface area contributed by atoms with E-state index in [1.807, 2.05) is 24.3 Å². The number of ether oxygens (including phenoxy) is 2. The normalized spacial score (nSPS) is 10.6. The molecule has 0 aliphatic heterocycles. The highest BCUT2D eigenvalue weighted by molar-refractivity contribution is 7.98. The predicted molar refractivity (Wildman–Crippen MR) is 122 cm³/mol. The summed E-state index contributed by atoms with van der Waals surface area (Å²) in [5, 5.41) is 3.92. The van der Waals surface area contributed by atoms with E-state index in [0.29, 0.717) is 44.4 Å². The monoisotopic (exact) mass is 459 g/mol. The molecule has 9 heteroatoms. The Morgan fingerprint density at radius 1 is 1.16 bits per heavy atom. The summed E-state index contributed by atoms with van der Waals surface area (Å²) in [4.78, 5) is 32.2. The van der Waals surface area contributed by atoms with E-state index in [9.17, 15) is 9.59 Å². The standard InChI is InChI=1S/C22H22ClN3O4S/c1-13-17(11-20(27)25-16-7-8-18(29-2)19(10-16)30-3)21(28)26-22(24-13)31-12-14-5-4-6-15(23)9-14/h4-10H,11-12H2,1-3H3,(H,25,27)(H,24,26,28). The van der Waals surface area contributed by atoms with Crippen LogP contribution in [0.5, 0.6) is 11.5 Å². The number of hydrogen-bond acceptors (Lipinski definition) is 6. The maximum absolute atomic E-state index is 12.6. The van der Waals surface area contributed by atoms with Crippen LogP contribution in [0.25, 0.3) is 0 Å². The lowest BCUT2D eigenvalue weighted by molar-refractivity contribution is -0.115. The van der Waals surface area contributed by atoms with Crippen LogP contribution in [0.2, 0.25) is 5.02 Å². The molecule has 0 unspecified atom stereocenters. The zero-order chi connectivity index (χ0) is 22.4. The average Bonchev–Trinajstić information content (AvgIpc) is 2.74. The molecule has 0 radical (unpaired) electrons. The van der Waals surface area contributed by atoms with Gasteiger partial charge in [-0.1, -0.05) is 35.5 Å². The number of aromatic amines is 1. The SMILES string of the molecule is COc1ccc(NC(=O)Cc2c(C)nc(SCc3cccc(Cl)c3)[nH]c2=O)cc1OC. The van der Waals surface area contributed by atoms with Gasteiger partial charge in [0.05, 0.1) is 20.6 Å². The van der Waals surface area contributed by atoms with E-state index in [2.05, 4.69) is 15.3 Å². The topological polar surface area (TPSA) is 93.3 Å². The fraction of sp³-hybridized carbons (Fsp3) is 0.227. The van der Waals surface area contributed by atoms with Gasteiger partial charge in [-0.3, -0.25) is 9.59 Å². The van der Waals surface area contributed by atoms with Crippen molar-refractivity contribution in [3.05, 3.63) is 74.7 Å². The van der Waals surface area contributed by atoms with E-state index < -0.39 is 0 Å². The molecule has 3 rings (SSSR count). The third kappa shape index (κ3) is 6.02. The summed E-state index contributed by atoms with van der Waals surface area (Å²) in [5.41, 5.74) is 2.07. The number of anilines is 1. The molecule has 0 aliphatic rings. The number of carbonyl (C=O) groups is 1. The van der Waals surface area contributed by atoms with Crippen LogP contribution in [-0.2, 0) is 17.0 Å². The highest BCUT2D eigenvalue weighted by atomic mass is 35.5. The molecule has 0 atom stereocenters. The van der Waals surface area contributed by atoms with Crippen molar-refractivity contribution in [2.24, 2.45) is 0 Å². The van der Waals surface area contributed by atoms with E-state index in [4.69, 9.17) is 21.1 Å². The first-order valence-electron chi connectivity index (χ1n) is 9.38. The fourth-order valence-electron chi connectivity index (χ4n) is 2.92. The Kier molecular flexibility index (Phi) is 7.59. The number of halogens is 1. The Morgan fingerprint density at radius 3 is 2.61 bits per heavy atom. The lowest BCUT2D eigenvalue weighted by Crippen LogP contribution is -2.23. The summed E-state index contributed by atoms with van der Waals surface area (Å²) >= 11 is 7.40. The third-order valence-electron chi connectivity index (χ3n) is 4.47. The maximum Gasteiger partial charge on any atom is 0.255 e. The maximum atomic E-state index is 12.6. The van der Waals surface area contributed by atoms with Crippen LogP contribution >= 0.6 is 23.4 Å². The number of H-pyrrole nitrogens is 1. The molecule has 0 aliphatic carbocycles. The fourth-order valence-corrected chi connectivity index (χ4v) is 3.98. The summed E-state index contributed by atoms with van der Waals surface area (Å²) < 4.78 is 10.4. The average molecular weight is 460 g/mol. The van der Waals surface area contributed by atoms with E-state index >= 15 is 0 Å². The van der Waals surface area contributed by atoms with Crippen molar-refractivity contribution in [2.75, 3.05) is 19.5 Å².